The lowest BCUT2D eigenvalue weighted by Gasteiger charge is -2.07. The normalized spacial score (nSPS) is 11.7. The Bertz CT molecular complexity index is 285. The minimum Gasteiger partial charge on any atom is -0.349 e. The molecule has 1 rings (SSSR count). The Balaban J connectivity index is 2.39. The van der Waals surface area contributed by atoms with Gasteiger partial charge < -0.3 is 10.1 Å². The van der Waals surface area contributed by atoms with Crippen molar-refractivity contribution in [3.63, 3.8) is 0 Å². The standard InChI is InChI=1S/C11H13NO2/c13-8-11(12-9-14)7-6-10-4-2-1-3-5-10/h1-5,8-9,11H,6-7H2,(H,12,14)/t11-/m0/s1. The third kappa shape index (κ3) is 3.39. The molecule has 0 aliphatic heterocycles. The van der Waals surface area contributed by atoms with Crippen LogP contribution in [-0.2, 0) is 16.0 Å². The second kappa shape index (κ2) is 5.91. The number of aldehydes is 1. The smallest absolute Gasteiger partial charge is 0.207 e. The van der Waals surface area contributed by atoms with E-state index in [0.29, 0.717) is 12.8 Å². The number of carbonyl (C=O) groups is 2. The predicted octanol–water partition coefficient (Wildman–Crippen LogP) is 0.933. The van der Waals surface area contributed by atoms with E-state index in [1.165, 1.54) is 5.56 Å². The first kappa shape index (κ1) is 10.4. The summed E-state index contributed by atoms with van der Waals surface area (Å²) < 4.78 is 0. The van der Waals surface area contributed by atoms with E-state index in [4.69, 9.17) is 0 Å². The molecule has 0 unspecified atom stereocenters. The van der Waals surface area contributed by atoms with E-state index in [0.717, 1.165) is 12.7 Å². The minimum atomic E-state index is -0.368. The Morgan fingerprint density at radius 2 is 1.93 bits per heavy atom. The monoisotopic (exact) mass is 191 g/mol. The summed E-state index contributed by atoms with van der Waals surface area (Å²) in [6, 6.07) is 9.50. The summed E-state index contributed by atoms with van der Waals surface area (Å²) in [5.74, 6) is 0. The number of aryl methyl sites for hydroxylation is 1. The van der Waals surface area contributed by atoms with Crippen LogP contribution in [-0.4, -0.2) is 18.7 Å². The lowest BCUT2D eigenvalue weighted by atomic mass is 10.1. The highest BCUT2D eigenvalue weighted by Crippen LogP contribution is 2.03. The third-order valence-corrected chi connectivity index (χ3v) is 2.03. The van der Waals surface area contributed by atoms with Gasteiger partial charge in [-0.2, -0.15) is 0 Å². The molecule has 0 saturated carbocycles. The second-order valence-corrected chi connectivity index (χ2v) is 3.05. The fraction of sp³-hybridized carbons (Fsp3) is 0.273. The number of hydrogen-bond donors (Lipinski definition) is 1. The first-order chi connectivity index (χ1) is 6.86. The van der Waals surface area contributed by atoms with Crippen molar-refractivity contribution in [2.45, 2.75) is 18.9 Å². The molecule has 1 aromatic carbocycles. The van der Waals surface area contributed by atoms with Crippen LogP contribution < -0.4 is 5.32 Å². The summed E-state index contributed by atoms with van der Waals surface area (Å²) in [5, 5.41) is 2.45. The summed E-state index contributed by atoms with van der Waals surface area (Å²) in [5.41, 5.74) is 1.17. The van der Waals surface area contributed by atoms with E-state index in [9.17, 15) is 9.59 Å². The van der Waals surface area contributed by atoms with Gasteiger partial charge in [0.1, 0.15) is 6.29 Å². The summed E-state index contributed by atoms with van der Waals surface area (Å²) in [6.45, 7) is 0. The van der Waals surface area contributed by atoms with Crippen LogP contribution >= 0.6 is 0 Å². The van der Waals surface area contributed by atoms with Crippen LogP contribution in [0.5, 0.6) is 0 Å². The average molecular weight is 191 g/mol. The Morgan fingerprint density at radius 1 is 1.21 bits per heavy atom. The topological polar surface area (TPSA) is 46.2 Å². The van der Waals surface area contributed by atoms with Crippen molar-refractivity contribution in [1.82, 2.24) is 5.32 Å². The molecule has 74 valence electrons. The number of benzene rings is 1. The Kier molecular flexibility index (Phi) is 4.41. The zero-order chi connectivity index (χ0) is 10.2. The molecule has 1 amide bonds. The average Bonchev–Trinajstić information content (AvgIpc) is 2.25. The summed E-state index contributed by atoms with van der Waals surface area (Å²) in [6.07, 6.45) is 2.76. The van der Waals surface area contributed by atoms with Gasteiger partial charge >= 0.3 is 0 Å². The molecule has 1 atom stereocenters. The van der Waals surface area contributed by atoms with Gasteiger partial charge in [0.05, 0.1) is 6.04 Å². The molecular weight excluding hydrogens is 178 g/mol. The minimum absolute atomic E-state index is 0.368. The molecule has 3 heteroatoms. The summed E-state index contributed by atoms with van der Waals surface area (Å²) in [7, 11) is 0. The zero-order valence-corrected chi connectivity index (χ0v) is 7.85. The molecular formula is C11H13NO2. The number of hydrogen-bond acceptors (Lipinski definition) is 2. The lowest BCUT2D eigenvalue weighted by molar-refractivity contribution is -0.115. The fourth-order valence-corrected chi connectivity index (χ4v) is 1.24. The Labute approximate surface area is 83.1 Å². The maximum absolute atomic E-state index is 10.5. The lowest BCUT2D eigenvalue weighted by Crippen LogP contribution is -2.29. The van der Waals surface area contributed by atoms with E-state index >= 15 is 0 Å². The first-order valence-electron chi connectivity index (χ1n) is 4.55. The molecule has 0 aliphatic carbocycles. The molecule has 0 saturated heterocycles. The van der Waals surface area contributed by atoms with Crippen molar-refractivity contribution in [3.05, 3.63) is 35.9 Å². The van der Waals surface area contributed by atoms with Crippen LogP contribution in [0.15, 0.2) is 30.3 Å². The maximum Gasteiger partial charge on any atom is 0.207 e. The van der Waals surface area contributed by atoms with E-state index < -0.39 is 0 Å². The van der Waals surface area contributed by atoms with Crippen LogP contribution in [0, 0.1) is 0 Å². The zero-order valence-electron chi connectivity index (χ0n) is 7.85. The van der Waals surface area contributed by atoms with Crippen molar-refractivity contribution in [2.24, 2.45) is 0 Å². The van der Waals surface area contributed by atoms with Crippen molar-refractivity contribution < 1.29 is 9.59 Å². The van der Waals surface area contributed by atoms with Crippen molar-refractivity contribution >= 4 is 12.7 Å². The van der Waals surface area contributed by atoms with Gasteiger partial charge in [-0.3, -0.25) is 4.79 Å². The Hall–Kier alpha value is -1.64. The molecule has 0 fully saturated rings. The van der Waals surface area contributed by atoms with Gasteiger partial charge in [0.2, 0.25) is 6.41 Å². The molecule has 1 aromatic rings. The number of rotatable bonds is 6. The SMILES string of the molecule is O=CN[C@H](C=O)CCc1ccccc1. The second-order valence-electron chi connectivity index (χ2n) is 3.05. The van der Waals surface area contributed by atoms with Gasteiger partial charge in [-0.05, 0) is 18.4 Å². The molecule has 14 heavy (non-hydrogen) atoms. The van der Waals surface area contributed by atoms with Crippen molar-refractivity contribution in [2.75, 3.05) is 0 Å². The van der Waals surface area contributed by atoms with Crippen LogP contribution in [0.2, 0.25) is 0 Å². The van der Waals surface area contributed by atoms with Crippen LogP contribution in [0.4, 0.5) is 0 Å². The van der Waals surface area contributed by atoms with Gasteiger partial charge in [-0.15, -0.1) is 0 Å². The first-order valence-corrected chi connectivity index (χ1v) is 4.55. The Morgan fingerprint density at radius 3 is 2.50 bits per heavy atom. The molecule has 3 nitrogen and oxygen atoms in total. The molecule has 0 radical (unpaired) electrons. The highest BCUT2D eigenvalue weighted by Gasteiger charge is 2.04. The van der Waals surface area contributed by atoms with Gasteiger partial charge in [-0.25, -0.2) is 0 Å². The van der Waals surface area contributed by atoms with Gasteiger partial charge in [-0.1, -0.05) is 30.3 Å². The summed E-state index contributed by atoms with van der Waals surface area (Å²) in [4.78, 5) is 20.6. The number of nitrogens with one attached hydrogen (secondary N) is 1. The largest absolute Gasteiger partial charge is 0.349 e. The van der Waals surface area contributed by atoms with E-state index in [-0.39, 0.29) is 6.04 Å². The van der Waals surface area contributed by atoms with Crippen molar-refractivity contribution in [1.29, 1.82) is 0 Å². The van der Waals surface area contributed by atoms with E-state index in [2.05, 4.69) is 5.32 Å². The maximum atomic E-state index is 10.5. The highest BCUT2D eigenvalue weighted by molar-refractivity contribution is 5.63. The number of carbonyl (C=O) groups excluding carboxylic acids is 2. The van der Waals surface area contributed by atoms with Crippen molar-refractivity contribution in [3.8, 4) is 0 Å². The number of amides is 1. The molecule has 0 aliphatic rings. The molecule has 0 spiro atoms. The highest BCUT2D eigenvalue weighted by atomic mass is 16.1. The van der Waals surface area contributed by atoms with Gasteiger partial charge in [0.15, 0.2) is 0 Å². The molecule has 0 aromatic heterocycles. The van der Waals surface area contributed by atoms with Gasteiger partial charge in [0.25, 0.3) is 0 Å². The molecule has 1 N–H and O–H groups in total. The molecule has 0 bridgehead atoms. The van der Waals surface area contributed by atoms with Gasteiger partial charge in [0, 0.05) is 0 Å². The molecule has 0 heterocycles. The fourth-order valence-electron chi connectivity index (χ4n) is 1.24. The van der Waals surface area contributed by atoms with Crippen LogP contribution in [0.25, 0.3) is 0 Å². The van der Waals surface area contributed by atoms with E-state index in [1.807, 2.05) is 30.3 Å². The predicted molar refractivity (Wildman–Crippen MR) is 53.8 cm³/mol. The summed E-state index contributed by atoms with van der Waals surface area (Å²) >= 11 is 0. The third-order valence-electron chi connectivity index (χ3n) is 2.03. The quantitative estimate of drug-likeness (QED) is 0.680. The van der Waals surface area contributed by atoms with Crippen LogP contribution in [0.1, 0.15) is 12.0 Å². The van der Waals surface area contributed by atoms with Crippen LogP contribution in [0.3, 0.4) is 0 Å². The van der Waals surface area contributed by atoms with E-state index in [1.54, 1.807) is 0 Å².